The highest BCUT2D eigenvalue weighted by Crippen LogP contribution is 2.67. The lowest BCUT2D eigenvalue weighted by molar-refractivity contribution is 0.381. The van der Waals surface area contributed by atoms with Crippen molar-refractivity contribution in [2.24, 2.45) is 0 Å². The van der Waals surface area contributed by atoms with Crippen molar-refractivity contribution < 1.29 is 87.8 Å². The molecule has 4 aromatic carbocycles. The summed E-state index contributed by atoms with van der Waals surface area (Å²) in [5.74, 6) is -50.1. The Kier molecular flexibility index (Phi) is 21.4. The van der Waals surface area contributed by atoms with Crippen molar-refractivity contribution in [2.45, 2.75) is 63.2 Å². The molecular formula is C64H34F20N4S12. The minimum Gasteiger partial charge on any atom is -0.354 e. The maximum absolute atomic E-state index is 17.6. The first-order chi connectivity index (χ1) is 47.8. The van der Waals surface area contributed by atoms with Gasteiger partial charge in [-0.3, -0.25) is 0 Å². The molecule has 2 N–H and O–H groups in total. The quantitative estimate of drug-likeness (QED) is 0.0551. The number of benzene rings is 4. The molecule has 100 heavy (non-hydrogen) atoms. The molecule has 0 aliphatic carbocycles. The van der Waals surface area contributed by atoms with Crippen LogP contribution in [0.4, 0.5) is 87.8 Å². The third-order valence-electron chi connectivity index (χ3n) is 14.9. The predicted molar refractivity (Wildman–Crippen MR) is 372 cm³/mol. The minimum absolute atomic E-state index is 0.188. The monoisotopic (exact) mass is 1620 g/mol. The van der Waals surface area contributed by atoms with Crippen LogP contribution in [0.3, 0.4) is 0 Å². The molecule has 7 aromatic rings. The number of hydrogen-bond acceptors (Lipinski definition) is 14. The topological polar surface area (TPSA) is 57.4 Å². The number of rotatable bonds is 16. The van der Waals surface area contributed by atoms with Gasteiger partial charge in [-0.1, -0.05) is 98.3 Å². The average molecular weight is 1620 g/mol. The Morgan fingerprint density at radius 2 is 0.600 bits per heavy atom. The first kappa shape index (κ1) is 73.3. The van der Waals surface area contributed by atoms with Gasteiger partial charge in [-0.15, -0.1) is 69.7 Å². The fourth-order valence-electron chi connectivity index (χ4n) is 10.5. The van der Waals surface area contributed by atoms with E-state index in [0.29, 0.717) is 122 Å². The van der Waals surface area contributed by atoms with E-state index in [1.165, 1.54) is 94.1 Å². The Morgan fingerprint density at radius 3 is 0.980 bits per heavy atom. The number of H-pyrrole nitrogens is 2. The van der Waals surface area contributed by atoms with Gasteiger partial charge in [0.15, 0.2) is 93.1 Å². The number of thioether (sulfide) groups is 10. The lowest BCUT2D eigenvalue weighted by Gasteiger charge is -2.12. The highest BCUT2D eigenvalue weighted by molar-refractivity contribution is 8.46. The number of nitrogens with one attached hydrogen (secondary N) is 2. The Labute approximate surface area is 601 Å². The van der Waals surface area contributed by atoms with Crippen LogP contribution in [0.2, 0.25) is 0 Å². The van der Waals surface area contributed by atoms with Crippen LogP contribution in [0.1, 0.15) is 64.8 Å². The Morgan fingerprint density at radius 1 is 0.310 bits per heavy atom. The molecule has 522 valence electrons. The van der Waals surface area contributed by atoms with Crippen LogP contribution in [-0.2, 0) is 0 Å². The summed E-state index contributed by atoms with van der Waals surface area (Å²) in [7, 11) is 0. The normalized spacial score (nSPS) is 14.5. The number of aromatic amines is 2. The van der Waals surface area contributed by atoms with Crippen molar-refractivity contribution >= 4 is 190 Å². The SMILES string of the molecule is CCCSC1=C(SCCC)SC(=C2Sc3c(c4[nH]c3c(-c3c(F)c(F)c(F)c(F)c3F)c3nc(c(-c5c(F)c(F)c(F)c(F)c5F)c5ccc([nH]5)c(-c5c(F)c(F)c(F)c(F)c5F)c5nc(c4-c4c(F)c(F)c(F)c(F)c4F)c4sc(=C6SC(SCCC)=C(SCCC)S6)sc5=4)C=C3)S2)S1. The Bertz CT molecular complexity index is 5330. The number of fused-ring (bicyclic) bond motifs is 13. The first-order valence-corrected chi connectivity index (χ1v) is 39.5. The molecule has 0 unspecified atom stereocenters. The van der Waals surface area contributed by atoms with E-state index < -0.39 is 224 Å². The van der Waals surface area contributed by atoms with E-state index >= 15 is 87.8 Å². The number of nitrogens with zero attached hydrogens (tertiary/aromatic N) is 2. The molecule has 6 aliphatic rings. The lowest BCUT2D eigenvalue weighted by atomic mass is 10.0. The van der Waals surface area contributed by atoms with Crippen molar-refractivity contribution in [2.75, 3.05) is 23.0 Å². The maximum Gasteiger partial charge on any atom is 0.200 e. The zero-order valence-corrected chi connectivity index (χ0v) is 60.1. The van der Waals surface area contributed by atoms with E-state index in [1.807, 2.05) is 27.7 Å². The van der Waals surface area contributed by atoms with Gasteiger partial charge in [-0.2, -0.15) is 0 Å². The third-order valence-corrected chi connectivity index (χ3v) is 33.1. The maximum atomic E-state index is 17.6. The zero-order chi connectivity index (χ0) is 71.5. The van der Waals surface area contributed by atoms with Gasteiger partial charge in [0.1, 0.15) is 3.85 Å². The second-order valence-electron chi connectivity index (χ2n) is 21.3. The second kappa shape index (κ2) is 29.1. The number of aromatic nitrogens is 4. The van der Waals surface area contributed by atoms with E-state index in [-0.39, 0.29) is 8.08 Å². The third kappa shape index (κ3) is 12.3. The van der Waals surface area contributed by atoms with E-state index in [2.05, 4.69) is 19.9 Å². The standard InChI is InChI=1S/C64H34F20N4S12/c1-5-13-89-57-58(90-14-6-2)98-63(97-57)61-93-53-49-22(25-31(67)39(75)46(82)40(76)32(25)68)19-11-9-17(85-19)21(24-29(65)37(73)45(81)38(74)30(24)66)18-10-12-20(86-18)23(26-33(69)41(77)47(83)42(78)34(26)70)50-54-56(96-62(94-54)64-99-59(91-15-7-3)60(100-64)92-16-8-4)52(88-50)28(51(87-49)55(53)95-61)27-35(71)43(79)48(84)44(80)36(27)72/h9-12,85,88H,5-8,13-16H2,1-4H3. The zero-order valence-electron chi connectivity index (χ0n) is 50.3. The number of halogens is 20. The summed E-state index contributed by atoms with van der Waals surface area (Å²) in [6.45, 7) is 7.68. The smallest absolute Gasteiger partial charge is 0.200 e. The van der Waals surface area contributed by atoms with Crippen molar-refractivity contribution in [1.29, 1.82) is 0 Å². The van der Waals surface area contributed by atoms with Gasteiger partial charge in [0.2, 0.25) is 23.3 Å². The molecule has 13 rings (SSSR count). The molecular weight excluding hydrogens is 1590 g/mol. The highest BCUT2D eigenvalue weighted by Gasteiger charge is 2.40. The van der Waals surface area contributed by atoms with Gasteiger partial charge >= 0.3 is 0 Å². The molecule has 0 radical (unpaired) electrons. The van der Waals surface area contributed by atoms with Crippen LogP contribution in [0.5, 0.6) is 0 Å². The van der Waals surface area contributed by atoms with Crippen LogP contribution < -0.4 is 3.85 Å². The Balaban J connectivity index is 1.34. The van der Waals surface area contributed by atoms with E-state index in [0.717, 1.165) is 23.0 Å². The average Bonchev–Trinajstić information content (AvgIpc) is 1.54. The molecule has 8 bridgehead atoms. The van der Waals surface area contributed by atoms with E-state index in [1.54, 1.807) is 0 Å². The fraction of sp³-hybridized carbons (Fsp3) is 0.188. The molecule has 0 spiro atoms. The molecule has 0 amide bonds. The Hall–Kier alpha value is -5.02. The van der Waals surface area contributed by atoms with E-state index in [4.69, 9.17) is 0 Å². The second-order valence-corrected chi connectivity index (χ2v) is 35.9. The molecule has 9 heterocycles. The molecule has 3 aromatic heterocycles. The summed E-state index contributed by atoms with van der Waals surface area (Å²) < 4.78 is 331. The molecule has 0 fully saturated rings. The van der Waals surface area contributed by atoms with Crippen molar-refractivity contribution in [1.82, 2.24) is 19.9 Å². The molecule has 6 aliphatic heterocycles. The summed E-state index contributed by atoms with van der Waals surface area (Å²) in [6, 6.07) is 1.44. The summed E-state index contributed by atoms with van der Waals surface area (Å²) in [5, 5.41) is 0. The van der Waals surface area contributed by atoms with Crippen molar-refractivity contribution in [3.63, 3.8) is 0 Å². The molecule has 0 atom stereocenters. The van der Waals surface area contributed by atoms with Gasteiger partial charge in [-0.05, 0) is 73.0 Å². The minimum atomic E-state index is -2.71. The fourth-order valence-corrected chi connectivity index (χ4v) is 27.9. The first-order valence-electron chi connectivity index (χ1n) is 29.1. The molecule has 36 heteroatoms. The molecule has 4 nitrogen and oxygen atoms in total. The largest absolute Gasteiger partial charge is 0.354 e. The van der Waals surface area contributed by atoms with Gasteiger partial charge in [-0.25, -0.2) is 97.8 Å². The van der Waals surface area contributed by atoms with Gasteiger partial charge in [0, 0.05) is 33.3 Å². The van der Waals surface area contributed by atoms with E-state index in [9.17, 15) is 0 Å². The summed E-state index contributed by atoms with van der Waals surface area (Å²) in [5.41, 5.74) is -19.9. The predicted octanol–water partition coefficient (Wildman–Crippen LogP) is 25.5. The van der Waals surface area contributed by atoms with Gasteiger partial charge in [0.05, 0.1) is 104 Å². The molecule has 0 saturated carbocycles. The van der Waals surface area contributed by atoms with Crippen LogP contribution in [0.15, 0.2) is 47.3 Å². The van der Waals surface area contributed by atoms with Crippen LogP contribution >= 0.6 is 140 Å². The van der Waals surface area contributed by atoms with Crippen molar-refractivity contribution in [3.05, 3.63) is 178 Å². The van der Waals surface area contributed by atoms with Crippen LogP contribution in [-0.4, -0.2) is 42.9 Å². The highest BCUT2D eigenvalue weighted by atomic mass is 32.3. The van der Waals surface area contributed by atoms with Crippen LogP contribution in [0, 0.1) is 125 Å². The number of hydrogen-bond donors (Lipinski definition) is 2. The van der Waals surface area contributed by atoms with Crippen LogP contribution in [0.25, 0.3) is 94.0 Å². The van der Waals surface area contributed by atoms with Crippen molar-refractivity contribution in [3.8, 4) is 44.5 Å². The summed E-state index contributed by atoms with van der Waals surface area (Å²) >= 11 is 13.4. The van der Waals surface area contributed by atoms with Gasteiger partial charge in [0.25, 0.3) is 0 Å². The lowest BCUT2D eigenvalue weighted by Crippen LogP contribution is -2.06. The summed E-state index contributed by atoms with van der Waals surface area (Å²) in [4.78, 5) is 13.4. The molecule has 0 saturated heterocycles. The summed E-state index contributed by atoms with van der Waals surface area (Å²) in [6.07, 6.45) is 4.16. The van der Waals surface area contributed by atoms with Gasteiger partial charge < -0.3 is 9.97 Å².